The van der Waals surface area contributed by atoms with E-state index < -0.39 is 10.4 Å². The van der Waals surface area contributed by atoms with Crippen LogP contribution in [0, 0.1) is 0 Å². The molecule has 1 aromatic rings. The molecule has 0 spiro atoms. The zero-order valence-corrected chi connectivity index (χ0v) is 8.36. The number of hydrogen-bond donors (Lipinski definition) is 1. The Kier molecular flexibility index (Phi) is 3.27. The van der Waals surface area contributed by atoms with Crippen LogP contribution in [0.3, 0.4) is 0 Å². The van der Waals surface area contributed by atoms with E-state index in [0.717, 1.165) is 5.56 Å². The molecule has 4 nitrogen and oxygen atoms in total. The Morgan fingerprint density at radius 3 is 2.71 bits per heavy atom. The molecule has 0 unspecified atom stereocenters. The second-order valence-electron chi connectivity index (χ2n) is 2.58. The van der Waals surface area contributed by atoms with E-state index in [-0.39, 0.29) is 5.75 Å². The number of rotatable bonds is 3. The van der Waals surface area contributed by atoms with E-state index in [1.165, 1.54) is 12.1 Å². The highest BCUT2D eigenvalue weighted by atomic mass is 32.3. The third kappa shape index (κ3) is 3.59. The molecule has 0 aliphatic rings. The molecule has 76 valence electrons. The van der Waals surface area contributed by atoms with Crippen LogP contribution in [-0.2, 0) is 10.4 Å². The molecule has 0 aliphatic heterocycles. The van der Waals surface area contributed by atoms with Crippen molar-refractivity contribution in [3.05, 3.63) is 35.9 Å². The van der Waals surface area contributed by atoms with Crippen LogP contribution >= 0.6 is 0 Å². The molecule has 1 N–H and O–H groups in total. The van der Waals surface area contributed by atoms with Crippen molar-refractivity contribution >= 4 is 16.5 Å². The van der Waals surface area contributed by atoms with Crippen LogP contribution in [0.25, 0.3) is 6.08 Å². The second-order valence-corrected chi connectivity index (χ2v) is 3.61. The lowest BCUT2D eigenvalue weighted by atomic mass is 10.2. The van der Waals surface area contributed by atoms with Gasteiger partial charge in [-0.15, -0.1) is 0 Å². The molecule has 14 heavy (non-hydrogen) atoms. The molecular formula is C9H10O4S. The maximum Gasteiger partial charge on any atom is 0.446 e. The third-order valence-corrected chi connectivity index (χ3v) is 1.82. The quantitative estimate of drug-likeness (QED) is 0.780. The summed E-state index contributed by atoms with van der Waals surface area (Å²) in [6, 6.07) is 6.38. The van der Waals surface area contributed by atoms with E-state index in [4.69, 9.17) is 4.55 Å². The van der Waals surface area contributed by atoms with Gasteiger partial charge in [-0.3, -0.25) is 4.55 Å². The fraction of sp³-hybridized carbons (Fsp3) is 0.111. The van der Waals surface area contributed by atoms with Crippen LogP contribution in [0.1, 0.15) is 12.5 Å². The summed E-state index contributed by atoms with van der Waals surface area (Å²) in [5.41, 5.74) is 0.800. The Balaban J connectivity index is 2.95. The summed E-state index contributed by atoms with van der Waals surface area (Å²) in [5, 5.41) is 0. The molecule has 0 heterocycles. The van der Waals surface area contributed by atoms with Gasteiger partial charge in [0.1, 0.15) is 5.75 Å². The summed E-state index contributed by atoms with van der Waals surface area (Å²) in [4.78, 5) is 0. The van der Waals surface area contributed by atoms with Crippen molar-refractivity contribution in [2.24, 2.45) is 0 Å². The molecule has 0 aliphatic carbocycles. The maximum atomic E-state index is 10.4. The zero-order valence-electron chi connectivity index (χ0n) is 7.54. The first-order chi connectivity index (χ1) is 6.51. The van der Waals surface area contributed by atoms with Crippen molar-refractivity contribution in [1.82, 2.24) is 0 Å². The van der Waals surface area contributed by atoms with Crippen LogP contribution in [-0.4, -0.2) is 13.0 Å². The van der Waals surface area contributed by atoms with E-state index in [1.807, 2.05) is 13.0 Å². The normalized spacial score (nSPS) is 11.9. The minimum absolute atomic E-state index is 0.0862. The predicted octanol–water partition coefficient (Wildman–Crippen LogP) is 1.90. The fourth-order valence-corrected chi connectivity index (χ4v) is 1.33. The molecule has 5 heteroatoms. The molecule has 0 saturated heterocycles. The van der Waals surface area contributed by atoms with Gasteiger partial charge in [-0.25, -0.2) is 0 Å². The summed E-state index contributed by atoms with van der Waals surface area (Å²) >= 11 is 0. The molecule has 0 amide bonds. The van der Waals surface area contributed by atoms with Gasteiger partial charge in [0.05, 0.1) is 0 Å². The van der Waals surface area contributed by atoms with Crippen molar-refractivity contribution in [2.75, 3.05) is 0 Å². The Morgan fingerprint density at radius 1 is 1.43 bits per heavy atom. The summed E-state index contributed by atoms with van der Waals surface area (Å²) in [6.07, 6.45) is 3.60. The summed E-state index contributed by atoms with van der Waals surface area (Å²) in [6.45, 7) is 1.84. The van der Waals surface area contributed by atoms with Gasteiger partial charge in [-0.2, -0.15) is 8.42 Å². The molecule has 0 atom stereocenters. The predicted molar refractivity (Wildman–Crippen MR) is 53.3 cm³/mol. The lowest BCUT2D eigenvalue weighted by Gasteiger charge is -2.01. The van der Waals surface area contributed by atoms with Crippen LogP contribution in [0.15, 0.2) is 30.3 Å². The standard InChI is InChI=1S/C9H10O4S/c1-2-4-8-5-3-6-9(7-8)13-14(10,11)12/h2-7H,1H3,(H,10,11,12)/b4-2-. The molecule has 0 radical (unpaired) electrons. The topological polar surface area (TPSA) is 63.6 Å². The van der Waals surface area contributed by atoms with E-state index in [9.17, 15) is 8.42 Å². The lowest BCUT2D eigenvalue weighted by Crippen LogP contribution is -2.06. The molecule has 1 aromatic carbocycles. The fourth-order valence-electron chi connectivity index (χ4n) is 0.984. The van der Waals surface area contributed by atoms with E-state index in [1.54, 1.807) is 18.2 Å². The van der Waals surface area contributed by atoms with Gasteiger partial charge >= 0.3 is 10.4 Å². The molecule has 0 saturated carbocycles. The van der Waals surface area contributed by atoms with Gasteiger partial charge in [0.2, 0.25) is 0 Å². The van der Waals surface area contributed by atoms with Crippen LogP contribution < -0.4 is 4.18 Å². The molecular weight excluding hydrogens is 204 g/mol. The van der Waals surface area contributed by atoms with Gasteiger partial charge in [0.15, 0.2) is 0 Å². The second kappa shape index (κ2) is 4.26. The monoisotopic (exact) mass is 214 g/mol. The van der Waals surface area contributed by atoms with E-state index in [0.29, 0.717) is 0 Å². The van der Waals surface area contributed by atoms with Crippen LogP contribution in [0.5, 0.6) is 5.75 Å². The van der Waals surface area contributed by atoms with Crippen LogP contribution in [0.4, 0.5) is 0 Å². The van der Waals surface area contributed by atoms with Gasteiger partial charge in [0, 0.05) is 0 Å². The maximum absolute atomic E-state index is 10.4. The Morgan fingerprint density at radius 2 is 2.14 bits per heavy atom. The van der Waals surface area contributed by atoms with Gasteiger partial charge in [-0.1, -0.05) is 24.3 Å². The van der Waals surface area contributed by atoms with Crippen LogP contribution in [0.2, 0.25) is 0 Å². The molecule has 0 aromatic heterocycles. The Labute approximate surface area is 82.8 Å². The highest BCUT2D eigenvalue weighted by Gasteiger charge is 2.05. The largest absolute Gasteiger partial charge is 0.446 e. The average molecular weight is 214 g/mol. The van der Waals surface area contributed by atoms with Gasteiger partial charge < -0.3 is 4.18 Å². The minimum atomic E-state index is -4.43. The first-order valence-corrected chi connectivity index (χ1v) is 5.27. The number of allylic oxidation sites excluding steroid dienone is 1. The molecule has 1 rings (SSSR count). The summed E-state index contributed by atoms with van der Waals surface area (Å²) in [5.74, 6) is 0.0862. The summed E-state index contributed by atoms with van der Waals surface area (Å²) < 4.78 is 33.5. The van der Waals surface area contributed by atoms with E-state index >= 15 is 0 Å². The Bertz CT molecular complexity index is 434. The van der Waals surface area contributed by atoms with E-state index in [2.05, 4.69) is 4.18 Å². The highest BCUT2D eigenvalue weighted by Crippen LogP contribution is 2.15. The van der Waals surface area contributed by atoms with Crippen molar-refractivity contribution < 1.29 is 17.2 Å². The number of hydrogen-bond acceptors (Lipinski definition) is 3. The van der Waals surface area contributed by atoms with Gasteiger partial charge in [-0.05, 0) is 24.6 Å². The first kappa shape index (κ1) is 10.7. The third-order valence-electron chi connectivity index (χ3n) is 1.42. The minimum Gasteiger partial charge on any atom is -0.362 e. The average Bonchev–Trinajstić information content (AvgIpc) is 2.02. The first-order valence-electron chi connectivity index (χ1n) is 3.91. The van der Waals surface area contributed by atoms with Crippen molar-refractivity contribution in [2.45, 2.75) is 6.92 Å². The lowest BCUT2D eigenvalue weighted by molar-refractivity contribution is 0.387. The molecule has 0 fully saturated rings. The van der Waals surface area contributed by atoms with Crippen molar-refractivity contribution in [3.8, 4) is 5.75 Å². The van der Waals surface area contributed by atoms with Gasteiger partial charge in [0.25, 0.3) is 0 Å². The Hall–Kier alpha value is -1.33. The smallest absolute Gasteiger partial charge is 0.362 e. The summed E-state index contributed by atoms with van der Waals surface area (Å²) in [7, 11) is -4.43. The molecule has 0 bridgehead atoms. The highest BCUT2D eigenvalue weighted by molar-refractivity contribution is 7.81. The van der Waals surface area contributed by atoms with Crippen molar-refractivity contribution in [1.29, 1.82) is 0 Å². The number of benzene rings is 1. The SMILES string of the molecule is C/C=C\c1cccc(OS(=O)(=O)O)c1. The zero-order chi connectivity index (χ0) is 10.6. The van der Waals surface area contributed by atoms with Crippen molar-refractivity contribution in [3.63, 3.8) is 0 Å².